The molecule has 42 heavy (non-hydrogen) atoms. The summed E-state index contributed by atoms with van der Waals surface area (Å²) in [6.45, 7) is 0. The molecule has 0 spiro atoms. The Kier molecular flexibility index (Phi) is 9.89. The van der Waals surface area contributed by atoms with Crippen molar-refractivity contribution in [2.75, 3.05) is 5.32 Å². The summed E-state index contributed by atoms with van der Waals surface area (Å²) in [5, 5.41) is 11.8. The average molecular weight is 683 g/mol. The minimum absolute atomic E-state index is 0.0893. The SMILES string of the molecule is O=C(O[C@H](C(=O)Nc1ccc(Br)cc1Cl)[C@@H](OC(=O)c1cccc(C(F)(F)F)c1)C(=O)O)c1cccc(C(F)(F)F)c1. The molecule has 16 heteroatoms. The lowest BCUT2D eigenvalue weighted by atomic mass is 10.1. The van der Waals surface area contributed by atoms with E-state index in [2.05, 4.69) is 21.2 Å². The van der Waals surface area contributed by atoms with Crippen molar-refractivity contribution >= 4 is 57.0 Å². The largest absolute Gasteiger partial charge is 0.478 e. The number of nitrogens with one attached hydrogen (secondary N) is 1. The van der Waals surface area contributed by atoms with Gasteiger partial charge in [-0.2, -0.15) is 26.3 Å². The topological polar surface area (TPSA) is 119 Å². The molecule has 0 unspecified atom stereocenters. The summed E-state index contributed by atoms with van der Waals surface area (Å²) in [6, 6.07) is 9.39. The van der Waals surface area contributed by atoms with Crippen molar-refractivity contribution in [3.63, 3.8) is 0 Å². The zero-order chi connectivity index (χ0) is 31.4. The summed E-state index contributed by atoms with van der Waals surface area (Å²) < 4.78 is 88.8. The Balaban J connectivity index is 1.99. The van der Waals surface area contributed by atoms with Gasteiger partial charge in [0.15, 0.2) is 0 Å². The molecule has 8 nitrogen and oxygen atoms in total. The van der Waals surface area contributed by atoms with Gasteiger partial charge in [0.25, 0.3) is 5.91 Å². The number of carboxylic acids is 1. The third kappa shape index (κ3) is 8.22. The number of hydrogen-bond donors (Lipinski definition) is 2. The van der Waals surface area contributed by atoms with Gasteiger partial charge in [-0.05, 0) is 54.6 Å². The fourth-order valence-corrected chi connectivity index (χ4v) is 4.02. The van der Waals surface area contributed by atoms with Crippen molar-refractivity contribution in [3.8, 4) is 0 Å². The van der Waals surface area contributed by atoms with Gasteiger partial charge in [0.1, 0.15) is 0 Å². The van der Waals surface area contributed by atoms with Crippen molar-refractivity contribution in [2.24, 2.45) is 0 Å². The average Bonchev–Trinajstić information content (AvgIpc) is 2.91. The van der Waals surface area contributed by atoms with E-state index in [0.717, 1.165) is 24.3 Å². The van der Waals surface area contributed by atoms with E-state index in [1.807, 2.05) is 0 Å². The van der Waals surface area contributed by atoms with E-state index in [4.69, 9.17) is 21.1 Å². The van der Waals surface area contributed by atoms with Crippen LogP contribution in [0.15, 0.2) is 71.2 Å². The lowest BCUT2D eigenvalue weighted by molar-refractivity contribution is -0.157. The second-order valence-corrected chi connectivity index (χ2v) is 9.58. The van der Waals surface area contributed by atoms with Crippen LogP contribution in [0.25, 0.3) is 0 Å². The van der Waals surface area contributed by atoms with Gasteiger partial charge in [0.05, 0.1) is 33.0 Å². The highest BCUT2D eigenvalue weighted by molar-refractivity contribution is 9.10. The number of halogens is 8. The first-order valence-electron chi connectivity index (χ1n) is 11.2. The lowest BCUT2D eigenvalue weighted by Crippen LogP contribution is -2.48. The molecule has 1 amide bonds. The highest BCUT2D eigenvalue weighted by Gasteiger charge is 2.42. The maximum absolute atomic E-state index is 13.2. The maximum atomic E-state index is 13.2. The number of anilines is 1. The Hall–Kier alpha value is -4.11. The first-order valence-corrected chi connectivity index (χ1v) is 12.4. The van der Waals surface area contributed by atoms with Crippen LogP contribution in [0.2, 0.25) is 5.02 Å². The van der Waals surface area contributed by atoms with Gasteiger partial charge < -0.3 is 19.9 Å². The molecular weight excluding hydrogens is 668 g/mol. The predicted octanol–water partition coefficient (Wildman–Crippen LogP) is 6.61. The highest BCUT2D eigenvalue weighted by atomic mass is 79.9. The van der Waals surface area contributed by atoms with E-state index >= 15 is 0 Å². The number of hydrogen-bond acceptors (Lipinski definition) is 6. The number of rotatable bonds is 8. The van der Waals surface area contributed by atoms with Crippen LogP contribution in [0.1, 0.15) is 31.8 Å². The number of alkyl halides is 6. The second kappa shape index (κ2) is 12.8. The van der Waals surface area contributed by atoms with E-state index < -0.39 is 70.6 Å². The number of benzene rings is 3. The van der Waals surface area contributed by atoms with Crippen LogP contribution in [0.5, 0.6) is 0 Å². The molecule has 0 heterocycles. The van der Waals surface area contributed by atoms with Crippen LogP contribution in [-0.4, -0.2) is 41.1 Å². The molecule has 0 fully saturated rings. The minimum atomic E-state index is -4.88. The molecule has 3 aromatic carbocycles. The number of carbonyl (C=O) groups is 4. The molecular formula is C26H15BrClF6NO7. The van der Waals surface area contributed by atoms with Gasteiger partial charge in [0, 0.05) is 4.47 Å². The molecule has 2 N–H and O–H groups in total. The van der Waals surface area contributed by atoms with Crippen LogP contribution in [-0.2, 0) is 31.4 Å². The van der Waals surface area contributed by atoms with E-state index in [-0.39, 0.29) is 10.7 Å². The first-order chi connectivity index (χ1) is 19.5. The number of carbonyl (C=O) groups excluding carboxylic acids is 3. The van der Waals surface area contributed by atoms with Gasteiger partial charge in [-0.25, -0.2) is 14.4 Å². The quantitative estimate of drug-likeness (QED) is 0.203. The van der Waals surface area contributed by atoms with Crippen LogP contribution >= 0.6 is 27.5 Å². The molecule has 2 atom stereocenters. The summed E-state index contributed by atoms with van der Waals surface area (Å²) in [5.74, 6) is -6.81. The molecule has 0 aliphatic heterocycles. The molecule has 0 aliphatic carbocycles. The van der Waals surface area contributed by atoms with Gasteiger partial charge in [0.2, 0.25) is 12.2 Å². The van der Waals surface area contributed by atoms with Gasteiger partial charge in [-0.1, -0.05) is 39.7 Å². The molecule has 3 rings (SSSR count). The number of ether oxygens (including phenoxy) is 2. The normalized spacial score (nSPS) is 13.0. The summed E-state index contributed by atoms with van der Waals surface area (Å²) in [5.41, 5.74) is -4.21. The van der Waals surface area contributed by atoms with E-state index in [9.17, 15) is 50.6 Å². The summed E-state index contributed by atoms with van der Waals surface area (Å²) >= 11 is 9.17. The molecule has 0 saturated heterocycles. The van der Waals surface area contributed by atoms with Crippen LogP contribution in [0.3, 0.4) is 0 Å². The zero-order valence-electron chi connectivity index (χ0n) is 20.4. The minimum Gasteiger partial charge on any atom is -0.478 e. The number of carboxylic acid groups (broad SMARTS) is 1. The van der Waals surface area contributed by atoms with Crippen LogP contribution in [0, 0.1) is 0 Å². The van der Waals surface area contributed by atoms with Crippen LogP contribution < -0.4 is 5.32 Å². The summed E-state index contributed by atoms with van der Waals surface area (Å²) in [4.78, 5) is 50.7. The van der Waals surface area contributed by atoms with Crippen molar-refractivity contribution < 1.29 is 60.1 Å². The molecule has 0 radical (unpaired) electrons. The lowest BCUT2D eigenvalue weighted by Gasteiger charge is -2.24. The number of esters is 2. The smallest absolute Gasteiger partial charge is 0.416 e. The highest BCUT2D eigenvalue weighted by Crippen LogP contribution is 2.31. The summed E-state index contributed by atoms with van der Waals surface area (Å²) in [6.07, 6.45) is -15.0. The molecule has 0 bridgehead atoms. The van der Waals surface area contributed by atoms with Gasteiger partial charge >= 0.3 is 30.3 Å². The van der Waals surface area contributed by atoms with Crippen molar-refractivity contribution in [3.05, 3.63) is 98.5 Å². The van der Waals surface area contributed by atoms with Crippen molar-refractivity contribution in [1.29, 1.82) is 0 Å². The zero-order valence-corrected chi connectivity index (χ0v) is 22.8. The van der Waals surface area contributed by atoms with E-state index in [1.165, 1.54) is 18.2 Å². The number of aliphatic carboxylic acids is 1. The fraction of sp³-hybridized carbons (Fsp3) is 0.154. The Morgan fingerprint density at radius 3 is 1.67 bits per heavy atom. The van der Waals surface area contributed by atoms with Gasteiger partial charge in [-0.15, -0.1) is 0 Å². The molecule has 222 valence electrons. The molecule has 3 aromatic rings. The van der Waals surface area contributed by atoms with E-state index in [1.54, 1.807) is 0 Å². The third-order valence-electron chi connectivity index (χ3n) is 5.28. The Labute approximate surface area is 245 Å². The maximum Gasteiger partial charge on any atom is 0.416 e. The monoisotopic (exact) mass is 681 g/mol. The molecule has 0 aliphatic rings. The van der Waals surface area contributed by atoms with Crippen LogP contribution in [0.4, 0.5) is 32.0 Å². The summed E-state index contributed by atoms with van der Waals surface area (Å²) in [7, 11) is 0. The Morgan fingerprint density at radius 1 is 0.762 bits per heavy atom. The predicted molar refractivity (Wildman–Crippen MR) is 137 cm³/mol. The molecule has 0 aromatic heterocycles. The van der Waals surface area contributed by atoms with Crippen molar-refractivity contribution in [1.82, 2.24) is 0 Å². The Bertz CT molecular complexity index is 1530. The third-order valence-corrected chi connectivity index (χ3v) is 6.09. The van der Waals surface area contributed by atoms with E-state index in [0.29, 0.717) is 28.7 Å². The molecule has 0 saturated carbocycles. The fourth-order valence-electron chi connectivity index (χ4n) is 3.30. The standard InChI is InChI=1S/C26H15BrClF6NO7/c27-16-7-8-18(17(28)11-16)35-21(36)19(41-23(39)12-3-1-5-14(9-12)25(29,30)31)20(22(37)38)42-24(40)13-4-2-6-15(10-13)26(32,33)34/h1-11,19-20H,(H,35,36)(H,37,38)/t19-,20+/m0/s1. The Morgan fingerprint density at radius 2 is 1.24 bits per heavy atom. The number of amides is 1. The van der Waals surface area contributed by atoms with Gasteiger partial charge in [-0.3, -0.25) is 4.79 Å². The first kappa shape index (κ1) is 32.4. The van der Waals surface area contributed by atoms with Crippen molar-refractivity contribution in [2.45, 2.75) is 24.6 Å². The second-order valence-electron chi connectivity index (χ2n) is 8.26.